The molecule has 1 saturated heterocycles. The fourth-order valence-corrected chi connectivity index (χ4v) is 5.41. The van der Waals surface area contributed by atoms with Gasteiger partial charge in [-0.2, -0.15) is 0 Å². The fourth-order valence-electron chi connectivity index (χ4n) is 5.41. The molecule has 0 aromatic heterocycles. The van der Waals surface area contributed by atoms with Gasteiger partial charge in [0.05, 0.1) is 13.2 Å². The van der Waals surface area contributed by atoms with Crippen molar-refractivity contribution < 1.29 is 14.6 Å². The zero-order valence-corrected chi connectivity index (χ0v) is 14.8. The van der Waals surface area contributed by atoms with E-state index in [0.29, 0.717) is 23.5 Å². The highest BCUT2D eigenvalue weighted by molar-refractivity contribution is 5.57. The third-order valence-corrected chi connectivity index (χ3v) is 6.53. The van der Waals surface area contributed by atoms with Gasteiger partial charge in [0.2, 0.25) is 0 Å². The number of phenolic OH excluding ortho intramolecular Hbond substituents is 1. The zero-order chi connectivity index (χ0) is 16.9. The van der Waals surface area contributed by atoms with Crippen LogP contribution in [0.4, 0.5) is 0 Å². The molecule has 1 fully saturated rings. The maximum absolute atomic E-state index is 11.0. The summed E-state index contributed by atoms with van der Waals surface area (Å²) < 4.78 is 11.1. The van der Waals surface area contributed by atoms with Gasteiger partial charge in [-0.05, 0) is 50.9 Å². The van der Waals surface area contributed by atoms with Gasteiger partial charge in [-0.1, -0.05) is 18.2 Å². The molecule has 0 saturated carbocycles. The molecule has 0 radical (unpaired) electrons. The summed E-state index contributed by atoms with van der Waals surface area (Å²) in [7, 11) is 5.65. The Hall–Kier alpha value is -1.52. The molecule has 130 valence electrons. The van der Waals surface area contributed by atoms with E-state index < -0.39 is 0 Å². The highest BCUT2D eigenvalue weighted by Crippen LogP contribution is 2.57. The molecule has 4 atom stereocenters. The zero-order valence-electron chi connectivity index (χ0n) is 14.8. The average Bonchev–Trinajstić information content (AvgIpc) is 2.69. The van der Waals surface area contributed by atoms with Crippen LogP contribution in [0, 0.1) is 5.92 Å². The molecule has 1 aromatic rings. The first-order chi connectivity index (χ1) is 11.6. The molecule has 24 heavy (non-hydrogen) atoms. The Morgan fingerprint density at radius 3 is 2.83 bits per heavy atom. The first-order valence-corrected chi connectivity index (χ1v) is 8.91. The van der Waals surface area contributed by atoms with E-state index in [1.807, 2.05) is 6.07 Å². The predicted molar refractivity (Wildman–Crippen MR) is 93.7 cm³/mol. The number of nitrogens with zero attached hydrogens (tertiary/aromatic N) is 1. The molecule has 1 heterocycles. The first kappa shape index (κ1) is 16.0. The summed E-state index contributed by atoms with van der Waals surface area (Å²) in [6, 6.07) is 4.55. The lowest BCUT2D eigenvalue weighted by atomic mass is 9.55. The van der Waals surface area contributed by atoms with Crippen molar-refractivity contribution in [1.82, 2.24) is 4.90 Å². The number of fused-ring (bicyclic) bond motifs is 1. The second-order valence-corrected chi connectivity index (χ2v) is 7.55. The van der Waals surface area contributed by atoms with Crippen molar-refractivity contribution in [3.8, 4) is 11.5 Å². The Labute approximate surface area is 144 Å². The minimum absolute atomic E-state index is 0.0585. The van der Waals surface area contributed by atoms with Crippen LogP contribution in [0.2, 0.25) is 0 Å². The van der Waals surface area contributed by atoms with Gasteiger partial charge in [-0.15, -0.1) is 0 Å². The number of aromatic hydroxyl groups is 1. The Morgan fingerprint density at radius 2 is 2.08 bits per heavy atom. The van der Waals surface area contributed by atoms with Crippen LogP contribution < -0.4 is 4.74 Å². The first-order valence-electron chi connectivity index (χ1n) is 8.91. The third-order valence-electron chi connectivity index (χ3n) is 6.53. The Bertz CT molecular complexity index is 671. The van der Waals surface area contributed by atoms with Crippen molar-refractivity contribution in [3.63, 3.8) is 0 Å². The van der Waals surface area contributed by atoms with E-state index in [4.69, 9.17) is 9.47 Å². The van der Waals surface area contributed by atoms with E-state index in [1.54, 1.807) is 14.2 Å². The van der Waals surface area contributed by atoms with E-state index in [1.165, 1.54) is 5.56 Å². The summed E-state index contributed by atoms with van der Waals surface area (Å²) in [6.45, 7) is 1.11. The van der Waals surface area contributed by atoms with Gasteiger partial charge in [-0.25, -0.2) is 0 Å². The monoisotopic (exact) mass is 329 g/mol. The van der Waals surface area contributed by atoms with Crippen molar-refractivity contribution in [2.45, 2.75) is 43.2 Å². The number of rotatable bonds is 2. The SMILES string of the molecule is COc1ccc2c(c1O)C13CCCN(C)C(C2)C1C=CC(OC)C3. The molecule has 0 amide bonds. The van der Waals surface area contributed by atoms with Gasteiger partial charge in [0.25, 0.3) is 0 Å². The number of hydrogen-bond donors (Lipinski definition) is 1. The topological polar surface area (TPSA) is 41.9 Å². The van der Waals surface area contributed by atoms with Gasteiger partial charge < -0.3 is 19.5 Å². The van der Waals surface area contributed by atoms with Crippen molar-refractivity contribution in [3.05, 3.63) is 35.4 Å². The molecule has 1 aliphatic heterocycles. The van der Waals surface area contributed by atoms with Gasteiger partial charge in [-0.3, -0.25) is 0 Å². The van der Waals surface area contributed by atoms with Gasteiger partial charge >= 0.3 is 0 Å². The minimum Gasteiger partial charge on any atom is -0.504 e. The Kier molecular flexibility index (Phi) is 3.85. The number of methoxy groups -OCH3 is 2. The van der Waals surface area contributed by atoms with Gasteiger partial charge in [0.1, 0.15) is 0 Å². The molecule has 1 N–H and O–H groups in total. The van der Waals surface area contributed by atoms with Crippen LogP contribution in [0.15, 0.2) is 24.3 Å². The Morgan fingerprint density at radius 1 is 1.25 bits per heavy atom. The average molecular weight is 329 g/mol. The minimum atomic E-state index is -0.0585. The number of hydrogen-bond acceptors (Lipinski definition) is 4. The molecule has 1 aromatic carbocycles. The summed E-state index contributed by atoms with van der Waals surface area (Å²) in [4.78, 5) is 2.51. The van der Waals surface area contributed by atoms with Crippen LogP contribution in [0.5, 0.6) is 11.5 Å². The quantitative estimate of drug-likeness (QED) is 0.847. The summed E-state index contributed by atoms with van der Waals surface area (Å²) in [5.74, 6) is 1.34. The van der Waals surface area contributed by atoms with E-state index in [2.05, 4.69) is 30.2 Å². The molecule has 0 spiro atoms. The second kappa shape index (κ2) is 5.78. The van der Waals surface area contributed by atoms with E-state index >= 15 is 0 Å². The number of likely N-dealkylation sites (N-methyl/N-ethyl adjacent to an activating group) is 1. The van der Waals surface area contributed by atoms with Crippen LogP contribution >= 0.6 is 0 Å². The van der Waals surface area contributed by atoms with Crippen LogP contribution in [0.1, 0.15) is 30.4 Å². The van der Waals surface area contributed by atoms with E-state index in [-0.39, 0.29) is 11.5 Å². The summed E-state index contributed by atoms with van der Waals surface area (Å²) in [6.07, 6.45) is 8.83. The molecule has 4 nitrogen and oxygen atoms in total. The maximum atomic E-state index is 11.0. The van der Waals surface area contributed by atoms with Crippen molar-refractivity contribution in [1.29, 1.82) is 0 Å². The predicted octanol–water partition coefficient (Wildman–Crippen LogP) is 2.88. The Balaban J connectivity index is 1.95. The lowest BCUT2D eigenvalue weighted by molar-refractivity contribution is 0.0601. The van der Waals surface area contributed by atoms with Crippen LogP contribution in [0.3, 0.4) is 0 Å². The van der Waals surface area contributed by atoms with Crippen LogP contribution in [-0.2, 0) is 16.6 Å². The summed E-state index contributed by atoms with van der Waals surface area (Å²) in [5, 5.41) is 11.0. The number of ether oxygens (including phenoxy) is 2. The maximum Gasteiger partial charge on any atom is 0.161 e. The second-order valence-electron chi connectivity index (χ2n) is 7.55. The van der Waals surface area contributed by atoms with Crippen molar-refractivity contribution in [2.24, 2.45) is 5.92 Å². The van der Waals surface area contributed by atoms with E-state index in [0.717, 1.165) is 37.8 Å². The molecule has 4 rings (SSSR count). The molecular formula is C20H27NO3. The number of phenols is 1. The summed E-state index contributed by atoms with van der Waals surface area (Å²) >= 11 is 0. The van der Waals surface area contributed by atoms with Crippen LogP contribution in [-0.4, -0.2) is 50.0 Å². The molecule has 3 aliphatic rings. The van der Waals surface area contributed by atoms with Crippen molar-refractivity contribution >= 4 is 0 Å². The fraction of sp³-hybridized carbons (Fsp3) is 0.600. The molecule has 4 heteroatoms. The lowest BCUT2D eigenvalue weighted by Crippen LogP contribution is -2.53. The number of likely N-dealkylation sites (tertiary alicyclic amines) is 1. The molecular weight excluding hydrogens is 302 g/mol. The van der Waals surface area contributed by atoms with Gasteiger partial charge in [0.15, 0.2) is 11.5 Å². The highest BCUT2D eigenvalue weighted by Gasteiger charge is 2.53. The van der Waals surface area contributed by atoms with E-state index in [9.17, 15) is 5.11 Å². The number of benzene rings is 1. The molecule has 4 unspecified atom stereocenters. The largest absolute Gasteiger partial charge is 0.504 e. The summed E-state index contributed by atoms with van der Waals surface area (Å²) in [5.41, 5.74) is 2.33. The smallest absolute Gasteiger partial charge is 0.161 e. The third kappa shape index (κ3) is 2.12. The van der Waals surface area contributed by atoms with Gasteiger partial charge in [0, 0.05) is 30.0 Å². The molecule has 2 aliphatic carbocycles. The standard InChI is InChI=1S/C20H27NO3/c1-21-10-4-9-20-12-14(23-2)6-7-15(20)16(21)11-13-5-8-17(24-3)19(22)18(13)20/h5-8,14-16,22H,4,9-12H2,1-3H3. The van der Waals surface area contributed by atoms with Crippen LogP contribution in [0.25, 0.3) is 0 Å². The lowest BCUT2D eigenvalue weighted by Gasteiger charge is -2.51. The highest BCUT2D eigenvalue weighted by atomic mass is 16.5. The normalized spacial score (nSPS) is 35.0. The molecule has 2 bridgehead atoms. The van der Waals surface area contributed by atoms with Crippen molar-refractivity contribution in [2.75, 3.05) is 27.8 Å².